The van der Waals surface area contributed by atoms with Crippen LogP contribution in [0.25, 0.3) is 0 Å². The van der Waals surface area contributed by atoms with Crippen LogP contribution in [0.3, 0.4) is 0 Å². The van der Waals surface area contributed by atoms with E-state index in [-0.39, 0.29) is 0 Å². The fourth-order valence-electron chi connectivity index (χ4n) is 4.53. The molecular weight excluding hydrogens is 282 g/mol. The Hall–Kier alpha value is -0.960. The Morgan fingerprint density at radius 3 is 1.95 bits per heavy atom. The Kier molecular flexibility index (Phi) is 5.12. The summed E-state index contributed by atoms with van der Waals surface area (Å²) in [5.74, 6) is 1.05. The predicted molar refractivity (Wildman–Crippen MR) is 83.6 cm³/mol. The van der Waals surface area contributed by atoms with Crippen LogP contribution in [-0.2, 0) is 0 Å². The number of rotatable bonds is 3. The minimum atomic E-state index is -0.752. The van der Waals surface area contributed by atoms with Crippen molar-refractivity contribution < 1.29 is 13.9 Å². The molecule has 0 heterocycles. The van der Waals surface area contributed by atoms with E-state index in [0.29, 0.717) is 18.4 Å². The zero-order chi connectivity index (χ0) is 15.5. The van der Waals surface area contributed by atoms with Gasteiger partial charge in [-0.3, -0.25) is 0 Å². The second-order valence-corrected chi connectivity index (χ2v) is 7.25. The van der Waals surface area contributed by atoms with Gasteiger partial charge in [-0.2, -0.15) is 0 Å². The smallest absolute Gasteiger partial charge is 0.159 e. The maximum absolute atomic E-state index is 13.4. The van der Waals surface area contributed by atoms with Gasteiger partial charge in [-0.25, -0.2) is 8.78 Å². The van der Waals surface area contributed by atoms with Crippen molar-refractivity contribution in [1.82, 2.24) is 0 Å². The normalized spacial score (nSPS) is 32.9. The standard InChI is InChI=1S/C19H26F2O/c20-18-10-9-17(11-19(18)21)16-7-5-15(6-8-16)14-3-1-13(12-22)2-4-14/h9-11,13-16,22H,1-8,12H2. The molecule has 2 aliphatic rings. The fraction of sp³-hybridized carbons (Fsp3) is 0.684. The molecule has 2 saturated carbocycles. The van der Waals surface area contributed by atoms with Gasteiger partial charge in [0.25, 0.3) is 0 Å². The number of aliphatic hydroxyl groups is 1. The Bertz CT molecular complexity index is 486. The molecule has 122 valence electrons. The lowest BCUT2D eigenvalue weighted by Crippen LogP contribution is -2.26. The molecule has 1 N–H and O–H groups in total. The summed E-state index contributed by atoms with van der Waals surface area (Å²) in [4.78, 5) is 0. The van der Waals surface area contributed by atoms with Crippen molar-refractivity contribution in [2.75, 3.05) is 6.61 Å². The topological polar surface area (TPSA) is 20.2 Å². The highest BCUT2D eigenvalue weighted by atomic mass is 19.2. The first-order valence-corrected chi connectivity index (χ1v) is 8.73. The summed E-state index contributed by atoms with van der Waals surface area (Å²) in [6.07, 6.45) is 9.45. The van der Waals surface area contributed by atoms with Crippen LogP contribution in [0.15, 0.2) is 18.2 Å². The first-order valence-electron chi connectivity index (χ1n) is 8.73. The van der Waals surface area contributed by atoms with E-state index in [1.807, 2.05) is 0 Å². The number of aliphatic hydroxyl groups excluding tert-OH is 1. The van der Waals surface area contributed by atoms with Crippen LogP contribution < -0.4 is 0 Å². The largest absolute Gasteiger partial charge is 0.396 e. The highest BCUT2D eigenvalue weighted by molar-refractivity contribution is 5.22. The van der Waals surface area contributed by atoms with E-state index < -0.39 is 11.6 Å². The maximum atomic E-state index is 13.4. The van der Waals surface area contributed by atoms with E-state index in [2.05, 4.69) is 0 Å². The van der Waals surface area contributed by atoms with Gasteiger partial charge < -0.3 is 5.11 Å². The molecule has 0 unspecified atom stereocenters. The molecule has 1 aromatic carbocycles. The Morgan fingerprint density at radius 2 is 1.41 bits per heavy atom. The number of halogens is 2. The van der Waals surface area contributed by atoms with Gasteiger partial charge in [0.05, 0.1) is 0 Å². The quantitative estimate of drug-likeness (QED) is 0.829. The minimum absolute atomic E-state index is 0.343. The Morgan fingerprint density at radius 1 is 0.818 bits per heavy atom. The lowest BCUT2D eigenvalue weighted by atomic mass is 9.68. The van der Waals surface area contributed by atoms with E-state index in [1.54, 1.807) is 6.07 Å². The molecule has 0 atom stereocenters. The third kappa shape index (κ3) is 3.51. The molecule has 0 spiro atoms. The summed E-state index contributed by atoms with van der Waals surface area (Å²) in [6, 6.07) is 4.38. The monoisotopic (exact) mass is 308 g/mol. The average molecular weight is 308 g/mol. The number of hydrogen-bond acceptors (Lipinski definition) is 1. The molecule has 1 aromatic rings. The zero-order valence-electron chi connectivity index (χ0n) is 13.1. The third-order valence-electron chi connectivity index (χ3n) is 6.00. The molecule has 2 aliphatic carbocycles. The van der Waals surface area contributed by atoms with Crippen molar-refractivity contribution in [2.45, 2.75) is 57.3 Å². The summed E-state index contributed by atoms with van der Waals surface area (Å²) in [6.45, 7) is 0.343. The second kappa shape index (κ2) is 7.08. The molecule has 3 rings (SSSR count). The SMILES string of the molecule is OCC1CCC(C2CCC(c3ccc(F)c(F)c3)CC2)CC1. The van der Waals surface area contributed by atoms with E-state index in [4.69, 9.17) is 0 Å². The third-order valence-corrected chi connectivity index (χ3v) is 6.00. The van der Waals surface area contributed by atoms with Crippen LogP contribution >= 0.6 is 0 Å². The molecule has 0 aromatic heterocycles. The molecule has 0 aliphatic heterocycles. The van der Waals surface area contributed by atoms with Crippen LogP contribution in [0.2, 0.25) is 0 Å². The second-order valence-electron chi connectivity index (χ2n) is 7.25. The first kappa shape index (κ1) is 15.9. The zero-order valence-corrected chi connectivity index (χ0v) is 13.1. The van der Waals surface area contributed by atoms with Gasteiger partial charge in [0, 0.05) is 6.61 Å². The molecule has 0 bridgehead atoms. The number of hydrogen-bond donors (Lipinski definition) is 1. The summed E-state index contributed by atoms with van der Waals surface area (Å²) in [5.41, 5.74) is 0.960. The predicted octanol–water partition coefficient (Wildman–Crippen LogP) is 5.04. The van der Waals surface area contributed by atoms with Crippen LogP contribution in [0.5, 0.6) is 0 Å². The first-order chi connectivity index (χ1) is 10.7. The summed E-state index contributed by atoms with van der Waals surface area (Å²) >= 11 is 0. The Labute approximate surface area is 131 Å². The minimum Gasteiger partial charge on any atom is -0.396 e. The molecule has 1 nitrogen and oxygen atoms in total. The molecule has 22 heavy (non-hydrogen) atoms. The molecule has 2 fully saturated rings. The average Bonchev–Trinajstić information content (AvgIpc) is 2.58. The maximum Gasteiger partial charge on any atom is 0.159 e. The summed E-state index contributed by atoms with van der Waals surface area (Å²) in [5, 5.41) is 9.23. The summed E-state index contributed by atoms with van der Waals surface area (Å²) < 4.78 is 26.4. The van der Waals surface area contributed by atoms with Crippen molar-refractivity contribution in [2.24, 2.45) is 17.8 Å². The lowest BCUT2D eigenvalue weighted by Gasteiger charge is -2.37. The Balaban J connectivity index is 1.53. The van der Waals surface area contributed by atoms with Gasteiger partial charge >= 0.3 is 0 Å². The lowest BCUT2D eigenvalue weighted by molar-refractivity contribution is 0.124. The van der Waals surface area contributed by atoms with Gasteiger partial charge in [0.15, 0.2) is 11.6 Å². The molecule has 0 amide bonds. The van der Waals surface area contributed by atoms with Gasteiger partial charge in [0.1, 0.15) is 0 Å². The number of benzene rings is 1. The van der Waals surface area contributed by atoms with Gasteiger partial charge in [-0.1, -0.05) is 6.07 Å². The van der Waals surface area contributed by atoms with Gasteiger partial charge in [-0.05, 0) is 92.7 Å². The fourth-order valence-corrected chi connectivity index (χ4v) is 4.53. The van der Waals surface area contributed by atoms with E-state index >= 15 is 0 Å². The van der Waals surface area contributed by atoms with Crippen LogP contribution in [0, 0.1) is 29.4 Å². The van der Waals surface area contributed by atoms with Crippen LogP contribution in [0.4, 0.5) is 8.78 Å². The van der Waals surface area contributed by atoms with Crippen molar-refractivity contribution >= 4 is 0 Å². The molecule has 0 saturated heterocycles. The van der Waals surface area contributed by atoms with Crippen molar-refractivity contribution in [3.8, 4) is 0 Å². The van der Waals surface area contributed by atoms with E-state index in [1.165, 1.54) is 50.7 Å². The van der Waals surface area contributed by atoms with Crippen molar-refractivity contribution in [3.05, 3.63) is 35.4 Å². The van der Waals surface area contributed by atoms with Crippen molar-refractivity contribution in [3.63, 3.8) is 0 Å². The highest BCUT2D eigenvalue weighted by Crippen LogP contribution is 2.43. The summed E-state index contributed by atoms with van der Waals surface area (Å²) in [7, 11) is 0. The molecule has 0 radical (unpaired) electrons. The van der Waals surface area contributed by atoms with Crippen LogP contribution in [0.1, 0.15) is 62.8 Å². The van der Waals surface area contributed by atoms with Crippen LogP contribution in [-0.4, -0.2) is 11.7 Å². The molecule has 3 heteroatoms. The van der Waals surface area contributed by atoms with Gasteiger partial charge in [0.2, 0.25) is 0 Å². The van der Waals surface area contributed by atoms with Crippen molar-refractivity contribution in [1.29, 1.82) is 0 Å². The van der Waals surface area contributed by atoms with E-state index in [9.17, 15) is 13.9 Å². The molecular formula is C19H26F2O. The van der Waals surface area contributed by atoms with E-state index in [0.717, 1.165) is 30.2 Å². The van der Waals surface area contributed by atoms with Gasteiger partial charge in [-0.15, -0.1) is 0 Å². The highest BCUT2D eigenvalue weighted by Gasteiger charge is 2.31.